The monoisotopic (exact) mass is 301 g/mol. The van der Waals surface area contributed by atoms with Crippen molar-refractivity contribution in [3.8, 4) is 16.9 Å². The molecule has 3 rings (SSSR count). The number of hydrogen-bond donors (Lipinski definition) is 1. The van der Waals surface area contributed by atoms with Crippen LogP contribution in [0.4, 0.5) is 5.69 Å². The van der Waals surface area contributed by atoms with Gasteiger partial charge in [-0.25, -0.2) is 4.21 Å². The zero-order valence-electron chi connectivity index (χ0n) is 11.4. The maximum Gasteiger partial charge on any atom is 0.193 e. The molecule has 1 aliphatic rings. The van der Waals surface area contributed by atoms with Crippen LogP contribution in [0.1, 0.15) is 0 Å². The van der Waals surface area contributed by atoms with Gasteiger partial charge in [0, 0.05) is 6.54 Å². The van der Waals surface area contributed by atoms with E-state index < -0.39 is 11.1 Å². The molecular formula is C16H15NO3S. The summed E-state index contributed by atoms with van der Waals surface area (Å²) in [6.45, 7) is 4.25. The van der Waals surface area contributed by atoms with Gasteiger partial charge in [0.2, 0.25) is 0 Å². The SMILES string of the molecule is C=C1Oc2ccc(-c3ccccc3)cc2N1CCS(=O)O. The number of hydrogen-bond acceptors (Lipinski definition) is 3. The topological polar surface area (TPSA) is 49.8 Å². The Kier molecular flexibility index (Phi) is 3.77. The Morgan fingerprint density at radius 1 is 1.14 bits per heavy atom. The van der Waals surface area contributed by atoms with E-state index in [2.05, 4.69) is 6.58 Å². The molecule has 0 amide bonds. The van der Waals surface area contributed by atoms with Crippen molar-refractivity contribution in [2.24, 2.45) is 0 Å². The summed E-state index contributed by atoms with van der Waals surface area (Å²) in [6.07, 6.45) is 0. The smallest absolute Gasteiger partial charge is 0.193 e. The standard InChI is InChI=1S/C16H15NO3S/c1-12-17(9-10-21(18)19)15-11-14(7-8-16(15)20-12)13-5-3-2-4-6-13/h2-8,11H,1,9-10H2,(H,18,19). The average Bonchev–Trinajstić information content (AvgIpc) is 2.80. The van der Waals surface area contributed by atoms with E-state index in [1.165, 1.54) is 0 Å². The highest BCUT2D eigenvalue weighted by molar-refractivity contribution is 7.79. The first-order valence-corrected chi connectivity index (χ1v) is 7.84. The van der Waals surface area contributed by atoms with Crippen LogP contribution in [0.3, 0.4) is 0 Å². The molecule has 1 N–H and O–H groups in total. The number of rotatable bonds is 4. The fourth-order valence-electron chi connectivity index (χ4n) is 2.36. The lowest BCUT2D eigenvalue weighted by Gasteiger charge is -2.16. The van der Waals surface area contributed by atoms with Crippen molar-refractivity contribution in [1.82, 2.24) is 0 Å². The van der Waals surface area contributed by atoms with Crippen LogP contribution >= 0.6 is 0 Å². The first kappa shape index (κ1) is 13.9. The minimum atomic E-state index is -1.83. The number of nitrogens with zero attached hydrogens (tertiary/aromatic N) is 1. The zero-order valence-corrected chi connectivity index (χ0v) is 12.2. The van der Waals surface area contributed by atoms with Gasteiger partial charge in [-0.1, -0.05) is 36.4 Å². The van der Waals surface area contributed by atoms with Gasteiger partial charge in [0.25, 0.3) is 0 Å². The maximum absolute atomic E-state index is 10.9. The maximum atomic E-state index is 10.9. The molecule has 0 aromatic heterocycles. The molecule has 0 saturated carbocycles. The van der Waals surface area contributed by atoms with Crippen LogP contribution in [0.15, 0.2) is 61.0 Å². The van der Waals surface area contributed by atoms with E-state index in [0.29, 0.717) is 12.4 Å². The number of ether oxygens (including phenoxy) is 1. The van der Waals surface area contributed by atoms with Crippen molar-refractivity contribution in [3.63, 3.8) is 0 Å². The molecule has 5 heteroatoms. The molecule has 0 spiro atoms. The van der Waals surface area contributed by atoms with Crippen molar-refractivity contribution in [1.29, 1.82) is 0 Å². The van der Waals surface area contributed by atoms with Crippen LogP contribution in [-0.2, 0) is 11.1 Å². The van der Waals surface area contributed by atoms with Crippen LogP contribution in [0, 0.1) is 0 Å². The normalized spacial score (nSPS) is 14.7. The quantitative estimate of drug-likeness (QED) is 0.881. The Hall–Kier alpha value is -2.11. The Morgan fingerprint density at radius 2 is 1.90 bits per heavy atom. The lowest BCUT2D eigenvalue weighted by atomic mass is 10.0. The van der Waals surface area contributed by atoms with E-state index in [1.54, 1.807) is 0 Å². The number of benzene rings is 2. The van der Waals surface area contributed by atoms with Crippen molar-refractivity contribution in [3.05, 3.63) is 61.0 Å². The molecular weight excluding hydrogens is 286 g/mol. The molecule has 0 radical (unpaired) electrons. The second-order valence-electron chi connectivity index (χ2n) is 4.72. The molecule has 2 aromatic rings. The summed E-state index contributed by atoms with van der Waals surface area (Å²) in [5.41, 5.74) is 3.07. The summed E-state index contributed by atoms with van der Waals surface area (Å²) in [5, 5.41) is 0. The minimum absolute atomic E-state index is 0.150. The summed E-state index contributed by atoms with van der Waals surface area (Å²) >= 11 is -1.83. The zero-order chi connectivity index (χ0) is 14.8. The van der Waals surface area contributed by atoms with Gasteiger partial charge in [0.1, 0.15) is 0 Å². The first-order chi connectivity index (χ1) is 10.1. The van der Waals surface area contributed by atoms with Gasteiger partial charge < -0.3 is 14.2 Å². The third-order valence-electron chi connectivity index (χ3n) is 3.38. The molecule has 4 nitrogen and oxygen atoms in total. The molecule has 1 atom stereocenters. The molecule has 1 aliphatic heterocycles. The Morgan fingerprint density at radius 3 is 2.62 bits per heavy atom. The molecule has 0 aliphatic carbocycles. The summed E-state index contributed by atoms with van der Waals surface area (Å²) in [6, 6.07) is 16.0. The van der Waals surface area contributed by atoms with Crippen molar-refractivity contribution in [2.75, 3.05) is 17.2 Å². The lowest BCUT2D eigenvalue weighted by Crippen LogP contribution is -2.24. The van der Waals surface area contributed by atoms with Crippen LogP contribution in [0.25, 0.3) is 11.1 Å². The third kappa shape index (κ3) is 2.84. The second kappa shape index (κ2) is 5.71. The van der Waals surface area contributed by atoms with Gasteiger partial charge in [-0.15, -0.1) is 0 Å². The van der Waals surface area contributed by atoms with Crippen LogP contribution in [-0.4, -0.2) is 21.1 Å². The predicted octanol–water partition coefficient (Wildman–Crippen LogP) is 3.25. The fourth-order valence-corrected chi connectivity index (χ4v) is 2.69. The Balaban J connectivity index is 1.94. The van der Waals surface area contributed by atoms with Crippen molar-refractivity contribution in [2.45, 2.75) is 0 Å². The van der Waals surface area contributed by atoms with Crippen LogP contribution in [0.2, 0.25) is 0 Å². The molecule has 0 saturated heterocycles. The van der Waals surface area contributed by atoms with E-state index in [0.717, 1.165) is 22.6 Å². The lowest BCUT2D eigenvalue weighted by molar-refractivity contribution is 0.442. The first-order valence-electron chi connectivity index (χ1n) is 6.56. The van der Waals surface area contributed by atoms with Gasteiger partial charge in [-0.3, -0.25) is 0 Å². The summed E-state index contributed by atoms with van der Waals surface area (Å²) in [7, 11) is 0. The average molecular weight is 301 g/mol. The summed E-state index contributed by atoms with van der Waals surface area (Å²) in [5.74, 6) is 1.36. The highest BCUT2D eigenvalue weighted by Gasteiger charge is 2.25. The Labute approximate surface area is 126 Å². The summed E-state index contributed by atoms with van der Waals surface area (Å²) < 4.78 is 25.4. The van der Waals surface area contributed by atoms with Gasteiger partial charge in [0.05, 0.1) is 11.4 Å². The molecule has 0 bridgehead atoms. The van der Waals surface area contributed by atoms with E-state index in [9.17, 15) is 4.21 Å². The molecule has 1 heterocycles. The number of fused-ring (bicyclic) bond motifs is 1. The second-order valence-corrected chi connectivity index (χ2v) is 5.77. The highest BCUT2D eigenvalue weighted by atomic mass is 32.2. The number of anilines is 1. The molecule has 2 aromatic carbocycles. The van der Waals surface area contributed by atoms with Gasteiger partial charge in [-0.05, 0) is 29.8 Å². The van der Waals surface area contributed by atoms with Gasteiger partial charge in [-0.2, -0.15) is 0 Å². The predicted molar refractivity (Wildman–Crippen MR) is 84.6 cm³/mol. The van der Waals surface area contributed by atoms with Crippen molar-refractivity contribution < 1.29 is 13.5 Å². The molecule has 108 valence electrons. The van der Waals surface area contributed by atoms with E-state index in [-0.39, 0.29) is 5.75 Å². The largest absolute Gasteiger partial charge is 0.439 e. The minimum Gasteiger partial charge on any atom is -0.439 e. The Bertz CT molecular complexity index is 700. The van der Waals surface area contributed by atoms with Gasteiger partial charge >= 0.3 is 0 Å². The highest BCUT2D eigenvalue weighted by Crippen LogP contribution is 2.40. The molecule has 0 fully saturated rings. The third-order valence-corrected chi connectivity index (χ3v) is 3.91. The van der Waals surface area contributed by atoms with E-state index >= 15 is 0 Å². The molecule has 1 unspecified atom stereocenters. The summed E-state index contributed by atoms with van der Waals surface area (Å²) in [4.78, 5) is 1.83. The van der Waals surface area contributed by atoms with E-state index in [4.69, 9.17) is 9.29 Å². The van der Waals surface area contributed by atoms with Crippen molar-refractivity contribution >= 4 is 16.8 Å². The molecule has 21 heavy (non-hydrogen) atoms. The van der Waals surface area contributed by atoms with Crippen LogP contribution in [0.5, 0.6) is 5.75 Å². The fraction of sp³-hybridized carbons (Fsp3) is 0.125. The van der Waals surface area contributed by atoms with Crippen LogP contribution < -0.4 is 9.64 Å². The van der Waals surface area contributed by atoms with E-state index in [1.807, 2.05) is 53.4 Å². The van der Waals surface area contributed by atoms with Gasteiger partial charge in [0.15, 0.2) is 22.7 Å².